The van der Waals surface area contributed by atoms with E-state index in [0.717, 1.165) is 16.0 Å². The van der Waals surface area contributed by atoms with Crippen LogP contribution in [0.1, 0.15) is 27.9 Å². The van der Waals surface area contributed by atoms with Crippen molar-refractivity contribution in [3.63, 3.8) is 0 Å². The number of carbonyl (C=O) groups is 1. The molecule has 0 unspecified atom stereocenters. The zero-order valence-electron chi connectivity index (χ0n) is 12.5. The Morgan fingerprint density at radius 1 is 1.57 bits per heavy atom. The van der Waals surface area contributed by atoms with E-state index in [1.807, 2.05) is 0 Å². The summed E-state index contributed by atoms with van der Waals surface area (Å²) in [5.74, 6) is 0.0734. The van der Waals surface area contributed by atoms with Crippen LogP contribution in [0, 0.1) is 6.92 Å². The number of ether oxygens (including phenoxy) is 1. The number of carbonyl (C=O) groups excluding carboxylic acids is 1. The van der Waals surface area contributed by atoms with E-state index in [1.165, 1.54) is 18.8 Å². The Hall–Kier alpha value is -2.74. The van der Waals surface area contributed by atoms with Crippen molar-refractivity contribution in [1.29, 1.82) is 0 Å². The van der Waals surface area contributed by atoms with E-state index in [0.29, 0.717) is 26.4 Å². The molecule has 3 aromatic heterocycles. The van der Waals surface area contributed by atoms with Gasteiger partial charge in [-0.1, -0.05) is 0 Å². The lowest BCUT2D eigenvalue weighted by Crippen LogP contribution is -2.17. The minimum absolute atomic E-state index is 0.275. The lowest BCUT2D eigenvalue weighted by Gasteiger charge is -1.99. The van der Waals surface area contributed by atoms with Gasteiger partial charge in [-0.05, 0) is 31.5 Å². The van der Waals surface area contributed by atoms with Crippen LogP contribution in [0.2, 0.25) is 0 Å². The molecule has 3 rings (SSSR count). The minimum Gasteiger partial charge on any atom is -0.463 e. The smallest absolute Gasteiger partial charge is 0.348 e. The van der Waals surface area contributed by atoms with Crippen molar-refractivity contribution in [2.45, 2.75) is 13.8 Å². The first kappa shape index (κ1) is 15.2. The van der Waals surface area contributed by atoms with Gasteiger partial charge in [0.2, 0.25) is 0 Å². The van der Waals surface area contributed by atoms with Crippen molar-refractivity contribution < 1.29 is 13.9 Å². The van der Waals surface area contributed by atoms with Gasteiger partial charge >= 0.3 is 5.97 Å². The van der Waals surface area contributed by atoms with E-state index in [2.05, 4.69) is 10.1 Å². The van der Waals surface area contributed by atoms with Gasteiger partial charge in [0.15, 0.2) is 0 Å². The molecule has 0 aliphatic heterocycles. The van der Waals surface area contributed by atoms with Crippen molar-refractivity contribution in [3.05, 3.63) is 51.3 Å². The average molecular weight is 331 g/mol. The highest BCUT2D eigenvalue weighted by atomic mass is 32.1. The van der Waals surface area contributed by atoms with Gasteiger partial charge < -0.3 is 9.15 Å². The van der Waals surface area contributed by atoms with Crippen molar-refractivity contribution >= 4 is 33.7 Å². The molecule has 0 bridgehead atoms. The number of hydrogen-bond acceptors (Lipinski definition) is 7. The number of fused-ring (bicyclic) bond motifs is 1. The molecule has 0 aliphatic carbocycles. The Bertz CT molecular complexity index is 938. The van der Waals surface area contributed by atoms with Crippen molar-refractivity contribution in [2.75, 3.05) is 6.61 Å². The zero-order chi connectivity index (χ0) is 16.4. The highest BCUT2D eigenvalue weighted by Crippen LogP contribution is 2.27. The van der Waals surface area contributed by atoms with Crippen LogP contribution in [-0.2, 0) is 4.74 Å². The summed E-state index contributed by atoms with van der Waals surface area (Å²) in [5, 5.41) is 4.41. The second kappa shape index (κ2) is 6.17. The standard InChI is InChI=1S/C15H13N3O4S/c1-3-21-15(20)12-9(2)11-13(23-12)16-8-18(14(11)19)17-7-10-5-4-6-22-10/h4-8H,3H2,1-2H3. The molecule has 0 fully saturated rings. The van der Waals surface area contributed by atoms with E-state index in [9.17, 15) is 9.59 Å². The van der Waals surface area contributed by atoms with E-state index in [-0.39, 0.29) is 12.2 Å². The van der Waals surface area contributed by atoms with Crippen LogP contribution >= 0.6 is 11.3 Å². The van der Waals surface area contributed by atoms with E-state index >= 15 is 0 Å². The summed E-state index contributed by atoms with van der Waals surface area (Å²) in [5.41, 5.74) is 0.214. The molecule has 118 valence electrons. The lowest BCUT2D eigenvalue weighted by atomic mass is 10.2. The Balaban J connectivity index is 2.07. The number of furan rings is 1. The fourth-order valence-corrected chi connectivity index (χ4v) is 3.11. The molecular formula is C15H13N3O4S. The predicted octanol–water partition coefficient (Wildman–Crippen LogP) is 2.42. The quantitative estimate of drug-likeness (QED) is 0.541. The highest BCUT2D eigenvalue weighted by molar-refractivity contribution is 7.20. The SMILES string of the molecule is CCOC(=O)c1sc2ncn(N=Cc3ccco3)c(=O)c2c1C. The Morgan fingerprint density at radius 2 is 2.39 bits per heavy atom. The Labute approximate surface area is 134 Å². The molecule has 0 aromatic carbocycles. The molecule has 0 radical (unpaired) electrons. The number of aromatic nitrogens is 2. The molecule has 3 heterocycles. The van der Waals surface area contributed by atoms with Crippen molar-refractivity contribution in [3.8, 4) is 0 Å². The van der Waals surface area contributed by atoms with Gasteiger partial charge in [0.25, 0.3) is 5.56 Å². The van der Waals surface area contributed by atoms with Crippen LogP contribution in [0.5, 0.6) is 0 Å². The number of thiophene rings is 1. The molecule has 0 saturated carbocycles. The summed E-state index contributed by atoms with van der Waals surface area (Å²) in [6, 6.07) is 3.44. The molecule has 23 heavy (non-hydrogen) atoms. The normalized spacial score (nSPS) is 11.4. The summed E-state index contributed by atoms with van der Waals surface area (Å²) in [6.07, 6.45) is 4.25. The summed E-state index contributed by atoms with van der Waals surface area (Å²) >= 11 is 1.14. The molecule has 3 aromatic rings. The van der Waals surface area contributed by atoms with Gasteiger partial charge in [0.1, 0.15) is 21.8 Å². The maximum absolute atomic E-state index is 12.5. The molecule has 0 spiro atoms. The van der Waals surface area contributed by atoms with E-state index in [4.69, 9.17) is 9.15 Å². The van der Waals surface area contributed by atoms with Gasteiger partial charge in [-0.3, -0.25) is 4.79 Å². The van der Waals surface area contributed by atoms with Gasteiger partial charge in [0.05, 0.1) is 24.5 Å². The van der Waals surface area contributed by atoms with Gasteiger partial charge in [-0.25, -0.2) is 9.78 Å². The fraction of sp³-hybridized carbons (Fsp3) is 0.200. The number of nitrogens with zero attached hydrogens (tertiary/aromatic N) is 3. The third-order valence-electron chi connectivity index (χ3n) is 3.15. The molecular weight excluding hydrogens is 318 g/mol. The van der Waals surface area contributed by atoms with Crippen LogP contribution in [0.25, 0.3) is 10.2 Å². The van der Waals surface area contributed by atoms with Crippen LogP contribution in [-0.4, -0.2) is 28.5 Å². The maximum atomic E-state index is 12.5. The molecule has 8 heteroatoms. The first-order chi connectivity index (χ1) is 11.1. The van der Waals surface area contributed by atoms with Gasteiger partial charge in [-0.15, -0.1) is 11.3 Å². The second-order valence-corrected chi connectivity index (χ2v) is 5.61. The molecule has 0 N–H and O–H groups in total. The Kier molecular flexibility index (Phi) is 4.07. The number of esters is 1. The van der Waals surface area contributed by atoms with Crippen LogP contribution < -0.4 is 5.56 Å². The third kappa shape index (κ3) is 2.80. The largest absolute Gasteiger partial charge is 0.463 e. The number of aryl methyl sites for hydroxylation is 1. The monoisotopic (exact) mass is 331 g/mol. The predicted molar refractivity (Wildman–Crippen MR) is 86.3 cm³/mol. The van der Waals surface area contributed by atoms with Crippen molar-refractivity contribution in [2.24, 2.45) is 5.10 Å². The second-order valence-electron chi connectivity index (χ2n) is 4.61. The van der Waals surface area contributed by atoms with Crippen LogP contribution in [0.15, 0.2) is 39.0 Å². The summed E-state index contributed by atoms with van der Waals surface area (Å²) in [4.78, 5) is 29.5. The fourth-order valence-electron chi connectivity index (χ4n) is 2.07. The molecule has 0 saturated heterocycles. The molecule has 7 nitrogen and oxygen atoms in total. The summed E-state index contributed by atoms with van der Waals surface area (Å²) < 4.78 is 11.2. The minimum atomic E-state index is -0.446. The Morgan fingerprint density at radius 3 is 3.09 bits per heavy atom. The average Bonchev–Trinajstić information content (AvgIpc) is 3.15. The third-order valence-corrected chi connectivity index (χ3v) is 4.33. The van der Waals surface area contributed by atoms with E-state index < -0.39 is 5.97 Å². The summed E-state index contributed by atoms with van der Waals surface area (Å²) in [6.45, 7) is 3.71. The van der Waals surface area contributed by atoms with Gasteiger partial charge in [-0.2, -0.15) is 9.78 Å². The van der Waals surface area contributed by atoms with Gasteiger partial charge in [0, 0.05) is 0 Å². The summed E-state index contributed by atoms with van der Waals surface area (Å²) in [7, 11) is 0. The van der Waals surface area contributed by atoms with Crippen molar-refractivity contribution in [1.82, 2.24) is 9.66 Å². The zero-order valence-corrected chi connectivity index (χ0v) is 13.3. The molecule has 0 amide bonds. The van der Waals surface area contributed by atoms with E-state index in [1.54, 1.807) is 26.0 Å². The first-order valence-electron chi connectivity index (χ1n) is 6.87. The lowest BCUT2D eigenvalue weighted by molar-refractivity contribution is 0.0531. The van der Waals surface area contributed by atoms with Crippen LogP contribution in [0.4, 0.5) is 0 Å². The highest BCUT2D eigenvalue weighted by Gasteiger charge is 2.20. The topological polar surface area (TPSA) is 86.7 Å². The maximum Gasteiger partial charge on any atom is 0.348 e. The first-order valence-corrected chi connectivity index (χ1v) is 7.69. The molecule has 0 atom stereocenters. The molecule has 0 aliphatic rings. The van der Waals surface area contributed by atoms with Crippen LogP contribution in [0.3, 0.4) is 0 Å². The number of hydrogen-bond donors (Lipinski definition) is 0. The number of rotatable bonds is 4.